The summed E-state index contributed by atoms with van der Waals surface area (Å²) < 4.78 is 5.03. The van der Waals surface area contributed by atoms with Gasteiger partial charge < -0.3 is 15.4 Å². The van der Waals surface area contributed by atoms with Crippen molar-refractivity contribution in [1.82, 2.24) is 5.32 Å². The molecule has 0 heterocycles. The number of halogens is 2. The minimum absolute atomic E-state index is 0.230. The van der Waals surface area contributed by atoms with Gasteiger partial charge in [0.05, 0.1) is 10.0 Å². The topological polar surface area (TPSA) is 84.5 Å². The summed E-state index contributed by atoms with van der Waals surface area (Å²) in [6.07, 6.45) is -1.01. The fraction of sp³-hybridized carbons (Fsp3) is 0.211. The molecule has 0 aliphatic heterocycles. The summed E-state index contributed by atoms with van der Waals surface area (Å²) in [5.41, 5.74) is 1.85. The average Bonchev–Trinajstić information content (AvgIpc) is 2.62. The van der Waals surface area contributed by atoms with Gasteiger partial charge in [-0.2, -0.15) is 0 Å². The lowest BCUT2D eigenvalue weighted by Crippen LogP contribution is -2.35. The standard InChI is InChI=1S/C19H18Cl2N2O4/c1-11-4-3-5-14(8-11)23-18(25)12(2)27-17(24)10-22-19(26)13-6-7-15(20)16(21)9-13/h3-9,12H,10H2,1-2H3,(H,22,26)(H,23,25). The van der Waals surface area contributed by atoms with Crippen molar-refractivity contribution in [2.24, 2.45) is 0 Å². The maximum absolute atomic E-state index is 12.1. The van der Waals surface area contributed by atoms with Crippen molar-refractivity contribution in [2.75, 3.05) is 11.9 Å². The van der Waals surface area contributed by atoms with Crippen LogP contribution in [-0.2, 0) is 14.3 Å². The molecule has 8 heteroatoms. The Morgan fingerprint density at radius 2 is 1.81 bits per heavy atom. The largest absolute Gasteiger partial charge is 0.451 e. The van der Waals surface area contributed by atoms with E-state index in [9.17, 15) is 14.4 Å². The number of rotatable bonds is 6. The molecule has 0 aromatic heterocycles. The minimum Gasteiger partial charge on any atom is -0.451 e. The third-order valence-electron chi connectivity index (χ3n) is 3.54. The molecule has 2 rings (SSSR count). The van der Waals surface area contributed by atoms with E-state index in [1.165, 1.54) is 25.1 Å². The molecule has 0 radical (unpaired) electrons. The van der Waals surface area contributed by atoms with Crippen LogP contribution in [0.15, 0.2) is 42.5 Å². The first kappa shape index (κ1) is 20.7. The van der Waals surface area contributed by atoms with Crippen LogP contribution in [0.1, 0.15) is 22.8 Å². The summed E-state index contributed by atoms with van der Waals surface area (Å²) in [5.74, 6) is -1.72. The fourth-order valence-electron chi connectivity index (χ4n) is 2.15. The van der Waals surface area contributed by atoms with E-state index in [0.29, 0.717) is 10.7 Å². The molecule has 0 bridgehead atoms. The van der Waals surface area contributed by atoms with E-state index in [1.807, 2.05) is 13.0 Å². The zero-order valence-electron chi connectivity index (χ0n) is 14.7. The Morgan fingerprint density at radius 3 is 2.48 bits per heavy atom. The molecule has 0 spiro atoms. The smallest absolute Gasteiger partial charge is 0.326 e. The molecule has 2 amide bonds. The number of nitrogens with one attached hydrogen (secondary N) is 2. The first-order chi connectivity index (χ1) is 12.8. The van der Waals surface area contributed by atoms with Crippen LogP contribution in [0.2, 0.25) is 10.0 Å². The van der Waals surface area contributed by atoms with Gasteiger partial charge in [-0.25, -0.2) is 0 Å². The van der Waals surface area contributed by atoms with Crippen LogP contribution >= 0.6 is 23.2 Å². The molecule has 27 heavy (non-hydrogen) atoms. The van der Waals surface area contributed by atoms with E-state index in [-0.39, 0.29) is 17.1 Å². The second kappa shape index (κ2) is 9.39. The zero-order chi connectivity index (χ0) is 20.0. The normalized spacial score (nSPS) is 11.4. The van der Waals surface area contributed by atoms with Gasteiger partial charge in [0.1, 0.15) is 6.54 Å². The summed E-state index contributed by atoms with van der Waals surface area (Å²) in [4.78, 5) is 35.9. The summed E-state index contributed by atoms with van der Waals surface area (Å²) in [6, 6.07) is 11.6. The third-order valence-corrected chi connectivity index (χ3v) is 4.28. The molecule has 1 atom stereocenters. The molecule has 6 nitrogen and oxygen atoms in total. The third kappa shape index (κ3) is 6.27. The van der Waals surface area contributed by atoms with E-state index < -0.39 is 23.9 Å². The van der Waals surface area contributed by atoms with Crippen LogP contribution < -0.4 is 10.6 Å². The summed E-state index contributed by atoms with van der Waals surface area (Å²) in [5, 5.41) is 5.61. The number of carbonyl (C=O) groups excluding carboxylic acids is 3. The highest BCUT2D eigenvalue weighted by molar-refractivity contribution is 6.42. The van der Waals surface area contributed by atoms with E-state index in [0.717, 1.165) is 5.56 Å². The Hall–Kier alpha value is -2.57. The van der Waals surface area contributed by atoms with Crippen LogP contribution in [0, 0.1) is 6.92 Å². The highest BCUT2D eigenvalue weighted by Gasteiger charge is 2.19. The summed E-state index contributed by atoms with van der Waals surface area (Å²) in [7, 11) is 0. The summed E-state index contributed by atoms with van der Waals surface area (Å²) in [6.45, 7) is 2.96. The minimum atomic E-state index is -1.01. The van der Waals surface area contributed by atoms with Crippen molar-refractivity contribution >= 4 is 46.7 Å². The molecule has 0 aliphatic rings. The van der Waals surface area contributed by atoms with Gasteiger partial charge in [-0.3, -0.25) is 14.4 Å². The van der Waals surface area contributed by atoms with Gasteiger partial charge in [-0.1, -0.05) is 35.3 Å². The zero-order valence-corrected chi connectivity index (χ0v) is 16.2. The Bertz CT molecular complexity index is 871. The molecular weight excluding hydrogens is 391 g/mol. The van der Waals surface area contributed by atoms with Gasteiger partial charge in [-0.05, 0) is 49.7 Å². The molecule has 2 N–H and O–H groups in total. The fourth-order valence-corrected chi connectivity index (χ4v) is 2.45. The lowest BCUT2D eigenvalue weighted by atomic mass is 10.2. The highest BCUT2D eigenvalue weighted by Crippen LogP contribution is 2.22. The molecule has 142 valence electrons. The van der Waals surface area contributed by atoms with E-state index in [4.69, 9.17) is 27.9 Å². The van der Waals surface area contributed by atoms with Crippen molar-refractivity contribution in [3.63, 3.8) is 0 Å². The van der Waals surface area contributed by atoms with Crippen molar-refractivity contribution in [2.45, 2.75) is 20.0 Å². The number of amides is 2. The Kier molecular flexibility index (Phi) is 7.21. The monoisotopic (exact) mass is 408 g/mol. The number of anilines is 1. The van der Waals surface area contributed by atoms with Crippen LogP contribution in [0.25, 0.3) is 0 Å². The lowest BCUT2D eigenvalue weighted by Gasteiger charge is -2.14. The SMILES string of the molecule is Cc1cccc(NC(=O)C(C)OC(=O)CNC(=O)c2ccc(Cl)c(Cl)c2)c1. The maximum Gasteiger partial charge on any atom is 0.326 e. The van der Waals surface area contributed by atoms with Crippen LogP contribution in [-0.4, -0.2) is 30.4 Å². The van der Waals surface area contributed by atoms with Crippen LogP contribution in [0.4, 0.5) is 5.69 Å². The average molecular weight is 409 g/mol. The lowest BCUT2D eigenvalue weighted by molar-refractivity contribution is -0.152. The number of benzene rings is 2. The Morgan fingerprint density at radius 1 is 1.07 bits per heavy atom. The van der Waals surface area contributed by atoms with Gasteiger partial charge in [0.2, 0.25) is 0 Å². The van der Waals surface area contributed by atoms with E-state index in [2.05, 4.69) is 10.6 Å². The van der Waals surface area contributed by atoms with Gasteiger partial charge in [0.25, 0.3) is 11.8 Å². The molecule has 2 aromatic rings. The highest BCUT2D eigenvalue weighted by atomic mass is 35.5. The number of hydrogen-bond acceptors (Lipinski definition) is 4. The Balaban J connectivity index is 1.82. The number of esters is 1. The first-order valence-electron chi connectivity index (χ1n) is 8.06. The predicted molar refractivity (Wildman–Crippen MR) is 104 cm³/mol. The first-order valence-corrected chi connectivity index (χ1v) is 8.82. The molecule has 0 saturated heterocycles. The molecular formula is C19H18Cl2N2O4. The van der Waals surface area contributed by atoms with Crippen LogP contribution in [0.3, 0.4) is 0 Å². The van der Waals surface area contributed by atoms with Gasteiger partial charge in [-0.15, -0.1) is 0 Å². The van der Waals surface area contributed by atoms with Crippen molar-refractivity contribution in [3.05, 3.63) is 63.6 Å². The molecule has 1 unspecified atom stereocenters. The van der Waals surface area contributed by atoms with Crippen molar-refractivity contribution in [1.29, 1.82) is 0 Å². The molecule has 0 saturated carbocycles. The number of hydrogen-bond donors (Lipinski definition) is 2. The van der Waals surface area contributed by atoms with Crippen molar-refractivity contribution < 1.29 is 19.1 Å². The number of carbonyl (C=O) groups is 3. The number of ether oxygens (including phenoxy) is 1. The second-order valence-electron chi connectivity index (χ2n) is 5.80. The summed E-state index contributed by atoms with van der Waals surface area (Å²) >= 11 is 11.6. The predicted octanol–water partition coefficient (Wildman–Crippen LogP) is 3.60. The molecule has 0 fully saturated rings. The van der Waals surface area contributed by atoms with Gasteiger partial charge in [0.15, 0.2) is 6.10 Å². The van der Waals surface area contributed by atoms with E-state index in [1.54, 1.807) is 18.2 Å². The van der Waals surface area contributed by atoms with Crippen LogP contribution in [0.5, 0.6) is 0 Å². The maximum atomic E-state index is 12.1. The van der Waals surface area contributed by atoms with Gasteiger partial charge >= 0.3 is 5.97 Å². The second-order valence-corrected chi connectivity index (χ2v) is 6.62. The van der Waals surface area contributed by atoms with Crippen molar-refractivity contribution in [3.8, 4) is 0 Å². The Labute approximate surface area is 166 Å². The van der Waals surface area contributed by atoms with E-state index >= 15 is 0 Å². The number of aryl methyl sites for hydroxylation is 1. The molecule has 2 aromatic carbocycles. The molecule has 0 aliphatic carbocycles. The van der Waals surface area contributed by atoms with Gasteiger partial charge in [0, 0.05) is 11.3 Å². The quantitative estimate of drug-likeness (QED) is 0.714.